The van der Waals surface area contributed by atoms with Gasteiger partial charge in [0, 0.05) is 13.6 Å². The van der Waals surface area contributed by atoms with E-state index in [0.29, 0.717) is 29.0 Å². The van der Waals surface area contributed by atoms with Crippen molar-refractivity contribution in [1.29, 1.82) is 0 Å². The lowest BCUT2D eigenvalue weighted by atomic mass is 10.3. The van der Waals surface area contributed by atoms with Crippen molar-refractivity contribution in [2.45, 2.75) is 19.4 Å². The van der Waals surface area contributed by atoms with Crippen LogP contribution in [0.15, 0.2) is 17.3 Å². The van der Waals surface area contributed by atoms with Gasteiger partial charge in [-0.05, 0) is 12.8 Å². The lowest BCUT2D eigenvalue weighted by Crippen LogP contribution is -2.21. The van der Waals surface area contributed by atoms with Crippen molar-refractivity contribution in [1.82, 2.24) is 19.3 Å². The molecule has 2 rings (SSSR count). The van der Waals surface area contributed by atoms with Gasteiger partial charge >= 0.3 is 0 Å². The first-order chi connectivity index (χ1) is 8.09. The van der Waals surface area contributed by atoms with E-state index in [1.165, 1.54) is 12.5 Å². The molecule has 17 heavy (non-hydrogen) atoms. The Labute approximate surface area is 103 Å². The van der Waals surface area contributed by atoms with E-state index >= 15 is 0 Å². The van der Waals surface area contributed by atoms with Crippen LogP contribution in [0.5, 0.6) is 0 Å². The van der Waals surface area contributed by atoms with Crippen molar-refractivity contribution in [2.75, 3.05) is 0 Å². The van der Waals surface area contributed by atoms with Crippen molar-refractivity contribution in [3.8, 4) is 0 Å². The summed E-state index contributed by atoms with van der Waals surface area (Å²) in [6.07, 6.45) is 4.44. The van der Waals surface area contributed by atoms with E-state index in [0.717, 1.165) is 6.42 Å². The van der Waals surface area contributed by atoms with Crippen LogP contribution in [0.25, 0.3) is 11.0 Å². The Balaban J connectivity index is 2.27. The van der Waals surface area contributed by atoms with Crippen molar-refractivity contribution in [3.63, 3.8) is 0 Å². The van der Waals surface area contributed by atoms with Crippen molar-refractivity contribution in [3.05, 3.63) is 22.9 Å². The smallest absolute Gasteiger partial charge is 0.264 e. The summed E-state index contributed by atoms with van der Waals surface area (Å²) in [6.45, 7) is 0.563. The number of nitrogens with zero attached hydrogens (tertiary/aromatic N) is 4. The second-order valence-corrected chi connectivity index (χ2v) is 4.34. The second kappa shape index (κ2) is 4.62. The highest BCUT2D eigenvalue weighted by atomic mass is 32.1. The number of nitrogens with two attached hydrogens (primary N) is 1. The van der Waals surface area contributed by atoms with Crippen LogP contribution in [0, 0.1) is 0 Å². The van der Waals surface area contributed by atoms with Gasteiger partial charge in [-0.3, -0.25) is 14.0 Å². The number of rotatable bonds is 4. The molecule has 0 atom stereocenters. The van der Waals surface area contributed by atoms with Gasteiger partial charge in [0.2, 0.25) is 0 Å². The Morgan fingerprint density at radius 1 is 1.59 bits per heavy atom. The average Bonchev–Trinajstić information content (AvgIpc) is 2.64. The van der Waals surface area contributed by atoms with Crippen molar-refractivity contribution >= 4 is 28.2 Å². The third-order valence-electron chi connectivity index (χ3n) is 2.54. The molecule has 6 nitrogen and oxygen atoms in total. The molecule has 0 aliphatic rings. The monoisotopic (exact) mass is 251 g/mol. The van der Waals surface area contributed by atoms with E-state index in [-0.39, 0.29) is 5.56 Å². The third kappa shape index (κ3) is 2.33. The molecular formula is C10H13N5OS. The number of aromatic nitrogens is 4. The molecule has 0 fully saturated rings. The Hall–Kier alpha value is -1.76. The molecule has 0 spiro atoms. The van der Waals surface area contributed by atoms with Crippen LogP contribution in [0.3, 0.4) is 0 Å². The number of thiocarbonyl (C=S) groups is 1. The Morgan fingerprint density at radius 2 is 2.35 bits per heavy atom. The number of hydrogen-bond donors (Lipinski definition) is 1. The average molecular weight is 251 g/mol. The van der Waals surface area contributed by atoms with Crippen molar-refractivity contribution < 1.29 is 0 Å². The maximum absolute atomic E-state index is 12.0. The van der Waals surface area contributed by atoms with Gasteiger partial charge in [0.25, 0.3) is 5.56 Å². The molecule has 7 heteroatoms. The number of aryl methyl sites for hydroxylation is 2. The van der Waals surface area contributed by atoms with Gasteiger partial charge in [0.05, 0.1) is 17.5 Å². The maximum atomic E-state index is 12.0. The number of hydrogen-bond acceptors (Lipinski definition) is 4. The minimum Gasteiger partial charge on any atom is -0.393 e. The standard InChI is InChI=1S/C10H13N5OS/c1-14-9-7(5-13-14)10(16)15(6-12-9)4-2-3-8(11)17/h5-6H,2-4H2,1H3,(H2,11,17). The normalized spacial score (nSPS) is 10.9. The molecule has 2 aromatic rings. The maximum Gasteiger partial charge on any atom is 0.264 e. The molecule has 0 aliphatic carbocycles. The quantitative estimate of drug-likeness (QED) is 0.785. The highest BCUT2D eigenvalue weighted by molar-refractivity contribution is 7.80. The zero-order valence-electron chi connectivity index (χ0n) is 9.46. The zero-order chi connectivity index (χ0) is 12.4. The molecule has 90 valence electrons. The zero-order valence-corrected chi connectivity index (χ0v) is 10.3. The summed E-state index contributed by atoms with van der Waals surface area (Å²) in [4.78, 5) is 16.7. The van der Waals surface area contributed by atoms with Crippen molar-refractivity contribution in [2.24, 2.45) is 12.8 Å². The van der Waals surface area contributed by atoms with E-state index < -0.39 is 0 Å². The Morgan fingerprint density at radius 3 is 3.06 bits per heavy atom. The molecule has 0 aromatic carbocycles. The second-order valence-electron chi connectivity index (χ2n) is 3.82. The molecule has 0 unspecified atom stereocenters. The predicted molar refractivity (Wildman–Crippen MR) is 68.8 cm³/mol. The summed E-state index contributed by atoms with van der Waals surface area (Å²) in [6, 6.07) is 0. The summed E-state index contributed by atoms with van der Waals surface area (Å²) in [7, 11) is 1.76. The summed E-state index contributed by atoms with van der Waals surface area (Å²) >= 11 is 4.79. The molecule has 0 saturated heterocycles. The summed E-state index contributed by atoms with van der Waals surface area (Å²) in [5, 5.41) is 4.54. The first-order valence-electron chi connectivity index (χ1n) is 5.25. The van der Waals surface area contributed by atoms with Crippen LogP contribution in [0.2, 0.25) is 0 Å². The first kappa shape index (κ1) is 11.7. The fourth-order valence-corrected chi connectivity index (χ4v) is 1.79. The van der Waals surface area contributed by atoms with Crippen LogP contribution in [-0.4, -0.2) is 24.3 Å². The molecule has 2 heterocycles. The Bertz CT molecular complexity index is 615. The van der Waals surface area contributed by atoms with Gasteiger partial charge in [-0.1, -0.05) is 12.2 Å². The lowest BCUT2D eigenvalue weighted by molar-refractivity contribution is 0.630. The molecule has 0 amide bonds. The topological polar surface area (TPSA) is 78.7 Å². The first-order valence-corrected chi connectivity index (χ1v) is 5.66. The predicted octanol–water partition coefficient (Wildman–Crippen LogP) is 0.196. The van der Waals surface area contributed by atoms with E-state index in [1.807, 2.05) is 0 Å². The molecule has 0 bridgehead atoms. The van der Waals surface area contributed by atoms with Crippen LogP contribution in [0.1, 0.15) is 12.8 Å². The van der Waals surface area contributed by atoms with E-state index in [9.17, 15) is 4.79 Å². The fourth-order valence-electron chi connectivity index (χ4n) is 1.65. The van der Waals surface area contributed by atoms with Crippen LogP contribution in [-0.2, 0) is 13.6 Å². The van der Waals surface area contributed by atoms with Gasteiger partial charge in [-0.2, -0.15) is 5.10 Å². The van der Waals surface area contributed by atoms with Gasteiger partial charge in [-0.25, -0.2) is 4.98 Å². The highest BCUT2D eigenvalue weighted by Crippen LogP contribution is 2.03. The van der Waals surface area contributed by atoms with E-state index in [4.69, 9.17) is 18.0 Å². The largest absolute Gasteiger partial charge is 0.393 e. The van der Waals surface area contributed by atoms with Crippen LogP contribution >= 0.6 is 12.2 Å². The fraction of sp³-hybridized carbons (Fsp3) is 0.400. The molecule has 0 saturated carbocycles. The van der Waals surface area contributed by atoms with Gasteiger partial charge in [-0.15, -0.1) is 0 Å². The number of fused-ring (bicyclic) bond motifs is 1. The minimum absolute atomic E-state index is 0.0777. The third-order valence-corrected chi connectivity index (χ3v) is 2.74. The van der Waals surface area contributed by atoms with Crippen LogP contribution < -0.4 is 11.3 Å². The summed E-state index contributed by atoms with van der Waals surface area (Å²) in [5.41, 5.74) is 5.92. The minimum atomic E-state index is -0.0777. The Kier molecular flexibility index (Phi) is 3.19. The molecular weight excluding hydrogens is 238 g/mol. The SMILES string of the molecule is Cn1ncc2c(=O)n(CCCC(N)=S)cnc21. The van der Waals surface area contributed by atoms with Gasteiger partial charge in [0.15, 0.2) is 5.65 Å². The van der Waals surface area contributed by atoms with Gasteiger partial charge in [0.1, 0.15) is 5.39 Å². The lowest BCUT2D eigenvalue weighted by Gasteiger charge is -2.04. The summed E-state index contributed by atoms with van der Waals surface area (Å²) < 4.78 is 3.14. The molecule has 0 radical (unpaired) electrons. The van der Waals surface area contributed by atoms with Crippen LogP contribution in [0.4, 0.5) is 0 Å². The van der Waals surface area contributed by atoms with E-state index in [2.05, 4.69) is 10.1 Å². The molecule has 2 N–H and O–H groups in total. The molecule has 0 aliphatic heterocycles. The summed E-state index contributed by atoms with van der Waals surface area (Å²) in [5.74, 6) is 0. The van der Waals surface area contributed by atoms with E-state index in [1.54, 1.807) is 16.3 Å². The molecule has 2 aromatic heterocycles. The highest BCUT2D eigenvalue weighted by Gasteiger charge is 2.07. The van der Waals surface area contributed by atoms with Gasteiger partial charge < -0.3 is 5.73 Å².